The molecule has 0 amide bonds. The number of nitrogens with one attached hydrogen (secondary N) is 1. The van der Waals surface area contributed by atoms with Crippen molar-refractivity contribution in [2.75, 3.05) is 6.54 Å². The Balaban J connectivity index is 1.71. The van der Waals surface area contributed by atoms with Gasteiger partial charge in [-0.1, -0.05) is 41.9 Å². The number of rotatable bonds is 3. The van der Waals surface area contributed by atoms with Gasteiger partial charge in [-0.3, -0.25) is 4.79 Å². The molecule has 106 valence electrons. The summed E-state index contributed by atoms with van der Waals surface area (Å²) in [6, 6.07) is 16.7. The minimum absolute atomic E-state index is 0.0598. The van der Waals surface area contributed by atoms with E-state index in [-0.39, 0.29) is 11.9 Å². The Morgan fingerprint density at radius 1 is 1.14 bits per heavy atom. The summed E-state index contributed by atoms with van der Waals surface area (Å²) in [5.74, 6) is 0.395. The lowest BCUT2D eigenvalue weighted by molar-refractivity contribution is 0.103. The summed E-state index contributed by atoms with van der Waals surface area (Å²) in [5.41, 5.74) is 1.67. The van der Waals surface area contributed by atoms with Gasteiger partial charge >= 0.3 is 0 Å². The normalized spacial score (nSPS) is 19.1. The lowest BCUT2D eigenvalue weighted by atomic mass is 10.1. The van der Waals surface area contributed by atoms with Gasteiger partial charge in [0.2, 0.25) is 0 Å². The van der Waals surface area contributed by atoms with E-state index in [1.807, 2.05) is 30.3 Å². The predicted molar refractivity (Wildman–Crippen MR) is 82.1 cm³/mol. The summed E-state index contributed by atoms with van der Waals surface area (Å²) in [6.45, 7) is 0.656. The number of hydrogen-bond donors (Lipinski definition) is 1. The fourth-order valence-electron chi connectivity index (χ4n) is 2.19. The number of halogens is 1. The summed E-state index contributed by atoms with van der Waals surface area (Å²) in [4.78, 5) is 12.1. The van der Waals surface area contributed by atoms with Crippen molar-refractivity contribution < 1.29 is 9.53 Å². The number of allylic oxidation sites excluding steroid dienone is 1. The van der Waals surface area contributed by atoms with E-state index < -0.39 is 0 Å². The topological polar surface area (TPSA) is 38.3 Å². The second-order valence-corrected chi connectivity index (χ2v) is 5.21. The van der Waals surface area contributed by atoms with Crippen molar-refractivity contribution in [3.05, 3.63) is 82.7 Å². The molecule has 1 N–H and O–H groups in total. The average molecular weight is 300 g/mol. The summed E-state index contributed by atoms with van der Waals surface area (Å²) < 4.78 is 5.77. The third-order valence-electron chi connectivity index (χ3n) is 3.29. The molecule has 2 aromatic rings. The quantitative estimate of drug-likeness (QED) is 0.693. The highest BCUT2D eigenvalue weighted by Gasteiger charge is 2.22. The third kappa shape index (κ3) is 3.26. The second-order valence-electron chi connectivity index (χ2n) is 4.78. The minimum Gasteiger partial charge on any atom is -0.469 e. The van der Waals surface area contributed by atoms with Crippen LogP contribution in [-0.4, -0.2) is 12.3 Å². The smallest absolute Gasteiger partial charge is 0.191 e. The SMILES string of the molecule is O=C(/C=C1\NCC(c2ccccc2)O1)c1ccc(Cl)cc1. The Kier molecular flexibility index (Phi) is 3.93. The van der Waals surface area contributed by atoms with Crippen molar-refractivity contribution in [1.29, 1.82) is 0 Å². The van der Waals surface area contributed by atoms with Crippen LogP contribution in [0.4, 0.5) is 0 Å². The van der Waals surface area contributed by atoms with E-state index in [1.54, 1.807) is 24.3 Å². The molecule has 1 saturated heterocycles. The fraction of sp³-hybridized carbons (Fsp3) is 0.118. The third-order valence-corrected chi connectivity index (χ3v) is 3.55. The molecule has 1 fully saturated rings. The first-order valence-electron chi connectivity index (χ1n) is 6.69. The van der Waals surface area contributed by atoms with E-state index in [4.69, 9.17) is 16.3 Å². The van der Waals surface area contributed by atoms with Gasteiger partial charge in [0.05, 0.1) is 6.54 Å². The first kappa shape index (κ1) is 13.7. The molecule has 0 bridgehead atoms. The van der Waals surface area contributed by atoms with Crippen molar-refractivity contribution in [3.8, 4) is 0 Å². The van der Waals surface area contributed by atoms with Crippen LogP contribution < -0.4 is 5.32 Å². The highest BCUT2D eigenvalue weighted by molar-refractivity contribution is 6.30. The van der Waals surface area contributed by atoms with E-state index in [1.165, 1.54) is 6.08 Å². The van der Waals surface area contributed by atoms with Gasteiger partial charge < -0.3 is 10.1 Å². The summed E-state index contributed by atoms with van der Waals surface area (Å²) in [5, 5.41) is 3.72. The van der Waals surface area contributed by atoms with Crippen molar-refractivity contribution in [1.82, 2.24) is 5.32 Å². The molecule has 1 aliphatic rings. The van der Waals surface area contributed by atoms with Gasteiger partial charge in [-0.15, -0.1) is 0 Å². The van der Waals surface area contributed by atoms with Crippen molar-refractivity contribution in [3.63, 3.8) is 0 Å². The van der Waals surface area contributed by atoms with E-state index in [9.17, 15) is 4.79 Å². The molecular formula is C17H14ClNO2. The van der Waals surface area contributed by atoms with Crippen LogP contribution in [0.25, 0.3) is 0 Å². The van der Waals surface area contributed by atoms with E-state index in [0.717, 1.165) is 5.56 Å². The maximum atomic E-state index is 12.1. The van der Waals surface area contributed by atoms with Crippen LogP contribution >= 0.6 is 11.6 Å². The number of ether oxygens (including phenoxy) is 1. The van der Waals surface area contributed by atoms with Gasteiger partial charge in [-0.2, -0.15) is 0 Å². The zero-order chi connectivity index (χ0) is 14.7. The first-order valence-corrected chi connectivity index (χ1v) is 7.07. The van der Waals surface area contributed by atoms with Gasteiger partial charge in [0.25, 0.3) is 0 Å². The molecule has 0 saturated carbocycles. The summed E-state index contributed by atoms with van der Waals surface area (Å²) >= 11 is 5.81. The monoisotopic (exact) mass is 299 g/mol. The zero-order valence-corrected chi connectivity index (χ0v) is 12.0. The summed E-state index contributed by atoms with van der Waals surface area (Å²) in [6.07, 6.45) is 1.42. The lowest BCUT2D eigenvalue weighted by Gasteiger charge is -2.08. The fourth-order valence-corrected chi connectivity index (χ4v) is 2.31. The molecule has 1 atom stereocenters. The molecule has 2 aromatic carbocycles. The van der Waals surface area contributed by atoms with Gasteiger partial charge in [0.15, 0.2) is 11.7 Å². The molecule has 21 heavy (non-hydrogen) atoms. The van der Waals surface area contributed by atoms with E-state index in [0.29, 0.717) is 23.0 Å². The van der Waals surface area contributed by atoms with Gasteiger partial charge in [-0.05, 0) is 29.8 Å². The largest absolute Gasteiger partial charge is 0.469 e. The van der Waals surface area contributed by atoms with Gasteiger partial charge in [0.1, 0.15) is 6.10 Å². The van der Waals surface area contributed by atoms with Crippen LogP contribution in [0, 0.1) is 0 Å². The first-order chi connectivity index (χ1) is 10.2. The molecular weight excluding hydrogens is 286 g/mol. The molecule has 0 spiro atoms. The van der Waals surface area contributed by atoms with Gasteiger partial charge in [-0.25, -0.2) is 0 Å². The zero-order valence-electron chi connectivity index (χ0n) is 11.3. The Morgan fingerprint density at radius 3 is 2.57 bits per heavy atom. The van der Waals surface area contributed by atoms with Crippen LogP contribution in [-0.2, 0) is 4.74 Å². The molecule has 1 unspecified atom stereocenters. The Bertz CT molecular complexity index is 665. The lowest BCUT2D eigenvalue weighted by Crippen LogP contribution is -2.08. The maximum Gasteiger partial charge on any atom is 0.191 e. The number of carbonyl (C=O) groups is 1. The Morgan fingerprint density at radius 2 is 1.86 bits per heavy atom. The highest BCUT2D eigenvalue weighted by Crippen LogP contribution is 2.24. The molecule has 1 heterocycles. The number of hydrogen-bond acceptors (Lipinski definition) is 3. The second kappa shape index (κ2) is 6.02. The van der Waals surface area contributed by atoms with Crippen LogP contribution in [0.1, 0.15) is 22.0 Å². The van der Waals surface area contributed by atoms with Crippen molar-refractivity contribution in [2.45, 2.75) is 6.10 Å². The van der Waals surface area contributed by atoms with Gasteiger partial charge in [0, 0.05) is 16.7 Å². The molecule has 0 radical (unpaired) electrons. The van der Waals surface area contributed by atoms with Crippen molar-refractivity contribution in [2.24, 2.45) is 0 Å². The minimum atomic E-state index is -0.108. The highest BCUT2D eigenvalue weighted by atomic mass is 35.5. The molecule has 3 nitrogen and oxygen atoms in total. The van der Waals surface area contributed by atoms with Crippen LogP contribution in [0.2, 0.25) is 5.02 Å². The Labute approximate surface area is 128 Å². The Hall–Kier alpha value is -2.26. The molecule has 4 heteroatoms. The molecule has 0 aliphatic carbocycles. The van der Waals surface area contributed by atoms with E-state index in [2.05, 4.69) is 5.32 Å². The van der Waals surface area contributed by atoms with Crippen LogP contribution in [0.15, 0.2) is 66.6 Å². The summed E-state index contributed by atoms with van der Waals surface area (Å²) in [7, 11) is 0. The molecule has 1 aliphatic heterocycles. The molecule has 3 rings (SSSR count). The number of ketones is 1. The average Bonchev–Trinajstić information content (AvgIpc) is 2.97. The number of benzene rings is 2. The maximum absolute atomic E-state index is 12.1. The predicted octanol–water partition coefficient (Wildman–Crippen LogP) is 3.73. The standard InChI is InChI=1S/C17H14ClNO2/c18-14-8-6-12(7-9-14)15(20)10-17-19-11-16(21-17)13-4-2-1-3-5-13/h1-10,16,19H,11H2/b17-10+. The van der Waals surface area contributed by atoms with Crippen molar-refractivity contribution >= 4 is 17.4 Å². The van der Waals surface area contributed by atoms with Crippen LogP contribution in [0.3, 0.4) is 0 Å². The van der Waals surface area contributed by atoms with E-state index >= 15 is 0 Å². The van der Waals surface area contributed by atoms with Crippen LogP contribution in [0.5, 0.6) is 0 Å². The molecule has 0 aromatic heterocycles. The number of carbonyl (C=O) groups excluding carboxylic acids is 1.